The molecule has 4 heteroatoms. The Bertz CT molecular complexity index is 741. The van der Waals surface area contributed by atoms with Gasteiger partial charge in [0.05, 0.1) is 11.7 Å². The van der Waals surface area contributed by atoms with Crippen LogP contribution in [0, 0.1) is 6.92 Å². The minimum atomic E-state index is 0.422. The summed E-state index contributed by atoms with van der Waals surface area (Å²) >= 11 is 6.01. The van der Waals surface area contributed by atoms with Crippen LogP contribution in [0.25, 0.3) is 10.9 Å². The first-order chi connectivity index (χ1) is 9.76. The molecule has 3 aromatic rings. The number of para-hydroxylation sites is 1. The van der Waals surface area contributed by atoms with Crippen molar-refractivity contribution in [2.24, 2.45) is 0 Å². The largest absolute Gasteiger partial charge is 0.437 e. The molecule has 0 unspecified atom stereocenters. The molecule has 0 radical (unpaired) electrons. The molecule has 0 aliphatic carbocycles. The van der Waals surface area contributed by atoms with Crippen molar-refractivity contribution < 1.29 is 4.74 Å². The lowest BCUT2D eigenvalue weighted by atomic mass is 10.1. The number of aryl methyl sites for hydroxylation is 1. The Morgan fingerprint density at radius 3 is 2.75 bits per heavy atom. The van der Waals surface area contributed by atoms with Gasteiger partial charge in [-0.25, -0.2) is 4.98 Å². The Morgan fingerprint density at radius 2 is 2.00 bits per heavy atom. The molecule has 2 heterocycles. The highest BCUT2D eigenvalue weighted by molar-refractivity contribution is 6.18. The Balaban J connectivity index is 2.01. The van der Waals surface area contributed by atoms with Gasteiger partial charge in [0.15, 0.2) is 0 Å². The highest BCUT2D eigenvalue weighted by Crippen LogP contribution is 2.26. The van der Waals surface area contributed by atoms with Crippen molar-refractivity contribution in [2.75, 3.05) is 0 Å². The van der Waals surface area contributed by atoms with Gasteiger partial charge in [-0.1, -0.05) is 18.2 Å². The molecule has 0 fully saturated rings. The van der Waals surface area contributed by atoms with Gasteiger partial charge in [0.25, 0.3) is 0 Å². The van der Waals surface area contributed by atoms with Crippen LogP contribution < -0.4 is 4.74 Å². The first kappa shape index (κ1) is 12.9. The Labute approximate surface area is 122 Å². The average Bonchev–Trinajstić information content (AvgIpc) is 2.49. The van der Waals surface area contributed by atoms with E-state index in [1.165, 1.54) is 0 Å². The number of rotatable bonds is 3. The molecular formula is C16H13ClN2O. The maximum Gasteiger partial charge on any atom is 0.220 e. The fourth-order valence-corrected chi connectivity index (χ4v) is 2.24. The van der Waals surface area contributed by atoms with Crippen LogP contribution in [-0.2, 0) is 5.88 Å². The predicted molar refractivity (Wildman–Crippen MR) is 80.3 cm³/mol. The monoisotopic (exact) mass is 284 g/mol. The number of fused-ring (bicyclic) bond motifs is 1. The highest BCUT2D eigenvalue weighted by atomic mass is 35.5. The number of alkyl halides is 1. The van der Waals surface area contributed by atoms with Gasteiger partial charge >= 0.3 is 0 Å². The van der Waals surface area contributed by atoms with Crippen LogP contribution in [0.5, 0.6) is 11.6 Å². The number of ether oxygens (including phenoxy) is 1. The molecule has 3 nitrogen and oxygen atoms in total. The van der Waals surface area contributed by atoms with E-state index < -0.39 is 0 Å². The summed E-state index contributed by atoms with van der Waals surface area (Å²) in [6, 6.07) is 13.5. The molecule has 0 N–H and O–H groups in total. The predicted octanol–water partition coefficient (Wildman–Crippen LogP) is 4.47. The highest BCUT2D eigenvalue weighted by Gasteiger charge is 2.06. The van der Waals surface area contributed by atoms with Gasteiger partial charge in [0.1, 0.15) is 5.75 Å². The Hall–Kier alpha value is -2.13. The molecule has 20 heavy (non-hydrogen) atoms. The maximum absolute atomic E-state index is 6.01. The van der Waals surface area contributed by atoms with E-state index in [1.807, 2.05) is 49.4 Å². The second-order valence-corrected chi connectivity index (χ2v) is 4.78. The zero-order chi connectivity index (χ0) is 13.9. The quantitative estimate of drug-likeness (QED) is 0.666. The van der Waals surface area contributed by atoms with Crippen molar-refractivity contribution in [3.8, 4) is 11.6 Å². The fraction of sp³-hybridized carbons (Fsp3) is 0.125. The molecule has 3 rings (SSSR count). The summed E-state index contributed by atoms with van der Waals surface area (Å²) in [4.78, 5) is 8.69. The van der Waals surface area contributed by atoms with Crippen molar-refractivity contribution in [3.63, 3.8) is 0 Å². The molecular weight excluding hydrogens is 272 g/mol. The summed E-state index contributed by atoms with van der Waals surface area (Å²) in [6.45, 7) is 1.93. The molecule has 0 aliphatic rings. The minimum absolute atomic E-state index is 0.422. The molecule has 0 aliphatic heterocycles. The van der Waals surface area contributed by atoms with Gasteiger partial charge < -0.3 is 4.74 Å². The van der Waals surface area contributed by atoms with Gasteiger partial charge in [0, 0.05) is 23.0 Å². The van der Waals surface area contributed by atoms with E-state index in [-0.39, 0.29) is 0 Å². The molecule has 1 aromatic carbocycles. The number of hydrogen-bond donors (Lipinski definition) is 0. The molecule has 0 saturated heterocycles. The SMILES string of the molecule is Cc1ccc(Oc2cc(CCl)c3ccccc3n2)cn1. The van der Waals surface area contributed by atoms with Crippen LogP contribution >= 0.6 is 11.6 Å². The van der Waals surface area contributed by atoms with E-state index in [4.69, 9.17) is 16.3 Å². The third-order valence-electron chi connectivity index (χ3n) is 3.03. The van der Waals surface area contributed by atoms with E-state index in [0.717, 1.165) is 22.2 Å². The van der Waals surface area contributed by atoms with Crippen LogP contribution in [0.1, 0.15) is 11.3 Å². The second kappa shape index (κ2) is 5.47. The van der Waals surface area contributed by atoms with Gasteiger partial charge in [-0.05, 0) is 30.7 Å². The van der Waals surface area contributed by atoms with Crippen LogP contribution in [0.4, 0.5) is 0 Å². The van der Waals surface area contributed by atoms with Crippen molar-refractivity contribution in [1.82, 2.24) is 9.97 Å². The van der Waals surface area contributed by atoms with Gasteiger partial charge in [-0.15, -0.1) is 11.6 Å². The first-order valence-corrected chi connectivity index (χ1v) is 6.85. The second-order valence-electron chi connectivity index (χ2n) is 4.51. The van der Waals surface area contributed by atoms with Gasteiger partial charge in [-0.2, -0.15) is 0 Å². The summed E-state index contributed by atoms with van der Waals surface area (Å²) in [5.74, 6) is 1.62. The lowest BCUT2D eigenvalue weighted by Crippen LogP contribution is -1.93. The molecule has 100 valence electrons. The summed E-state index contributed by atoms with van der Waals surface area (Å²) in [6.07, 6.45) is 1.69. The zero-order valence-corrected chi connectivity index (χ0v) is 11.8. The van der Waals surface area contributed by atoms with Crippen molar-refractivity contribution >= 4 is 22.5 Å². The third kappa shape index (κ3) is 2.58. The van der Waals surface area contributed by atoms with E-state index in [0.29, 0.717) is 17.5 Å². The van der Waals surface area contributed by atoms with Crippen molar-refractivity contribution in [3.05, 3.63) is 59.9 Å². The van der Waals surface area contributed by atoms with Crippen molar-refractivity contribution in [1.29, 1.82) is 0 Å². The molecule has 2 aromatic heterocycles. The van der Waals surface area contributed by atoms with Gasteiger partial charge in [0.2, 0.25) is 5.88 Å². The lowest BCUT2D eigenvalue weighted by Gasteiger charge is -2.08. The Kier molecular flexibility index (Phi) is 3.52. The summed E-state index contributed by atoms with van der Waals surface area (Å²) < 4.78 is 5.75. The minimum Gasteiger partial charge on any atom is -0.437 e. The summed E-state index contributed by atoms with van der Waals surface area (Å²) in [5.41, 5.74) is 2.83. The Morgan fingerprint density at radius 1 is 1.15 bits per heavy atom. The normalized spacial score (nSPS) is 10.7. The van der Waals surface area contributed by atoms with E-state index in [2.05, 4.69) is 9.97 Å². The van der Waals surface area contributed by atoms with Crippen molar-refractivity contribution in [2.45, 2.75) is 12.8 Å². The molecule has 0 bridgehead atoms. The van der Waals surface area contributed by atoms with Crippen LogP contribution in [0.2, 0.25) is 0 Å². The molecule has 0 spiro atoms. The summed E-state index contributed by atoms with van der Waals surface area (Å²) in [7, 11) is 0. The van der Waals surface area contributed by atoms with E-state index in [9.17, 15) is 0 Å². The molecule has 0 atom stereocenters. The van der Waals surface area contributed by atoms with E-state index in [1.54, 1.807) is 6.20 Å². The van der Waals surface area contributed by atoms with Crippen LogP contribution in [-0.4, -0.2) is 9.97 Å². The number of halogens is 1. The maximum atomic E-state index is 6.01. The number of pyridine rings is 2. The van der Waals surface area contributed by atoms with E-state index >= 15 is 0 Å². The smallest absolute Gasteiger partial charge is 0.220 e. The number of hydrogen-bond acceptors (Lipinski definition) is 3. The van der Waals surface area contributed by atoms with Crippen LogP contribution in [0.15, 0.2) is 48.7 Å². The first-order valence-electron chi connectivity index (χ1n) is 6.31. The number of aromatic nitrogens is 2. The third-order valence-corrected chi connectivity index (χ3v) is 3.32. The number of benzene rings is 1. The fourth-order valence-electron chi connectivity index (χ4n) is 2.02. The average molecular weight is 285 g/mol. The zero-order valence-electron chi connectivity index (χ0n) is 11.0. The standard InChI is InChI=1S/C16H13ClN2O/c1-11-6-7-13(10-18-11)20-16-8-12(9-17)14-4-2-3-5-15(14)19-16/h2-8,10H,9H2,1H3. The van der Waals surface area contributed by atoms with Gasteiger partial charge in [-0.3, -0.25) is 4.98 Å². The number of nitrogens with zero attached hydrogens (tertiary/aromatic N) is 2. The van der Waals surface area contributed by atoms with Crippen LogP contribution in [0.3, 0.4) is 0 Å². The lowest BCUT2D eigenvalue weighted by molar-refractivity contribution is 0.462. The summed E-state index contributed by atoms with van der Waals surface area (Å²) in [5, 5.41) is 1.05. The molecule has 0 saturated carbocycles. The molecule has 0 amide bonds. The topological polar surface area (TPSA) is 35.0 Å².